The first-order valence-electron chi connectivity index (χ1n) is 8.93. The third-order valence-corrected chi connectivity index (χ3v) is 4.94. The van der Waals surface area contributed by atoms with Gasteiger partial charge in [0.25, 0.3) is 0 Å². The van der Waals surface area contributed by atoms with Crippen molar-refractivity contribution in [3.05, 3.63) is 53.9 Å². The van der Waals surface area contributed by atoms with Gasteiger partial charge in [0, 0.05) is 25.5 Å². The number of amides is 1. The quantitative estimate of drug-likeness (QED) is 0.842. The number of likely N-dealkylation sites (tertiary alicyclic amines) is 1. The topological polar surface area (TPSA) is 46.5 Å². The number of benzene rings is 1. The fraction of sp³-hybridized carbons (Fsp3) is 0.450. The van der Waals surface area contributed by atoms with Crippen molar-refractivity contribution in [1.82, 2.24) is 14.8 Å². The number of nitrogens with one attached hydrogen (secondary N) is 1. The van der Waals surface area contributed by atoms with Gasteiger partial charge in [-0.25, -0.2) is 0 Å². The number of hydrogen-bond acceptors (Lipinski definition) is 3. The van der Waals surface area contributed by atoms with Gasteiger partial charge in [-0.05, 0) is 49.6 Å². The zero-order valence-corrected chi connectivity index (χ0v) is 15.1. The molecule has 1 aliphatic heterocycles. The molecule has 1 aromatic heterocycles. The van der Waals surface area contributed by atoms with Crippen LogP contribution in [0.1, 0.15) is 30.1 Å². The molecule has 2 aromatic rings. The van der Waals surface area contributed by atoms with Crippen LogP contribution in [0.2, 0.25) is 0 Å². The molecule has 1 unspecified atom stereocenters. The fourth-order valence-corrected chi connectivity index (χ4v) is 3.66. The lowest BCUT2D eigenvalue weighted by molar-refractivity contribution is -0.122. The average Bonchev–Trinajstić information content (AvgIpc) is 3.23. The molecule has 25 heavy (non-hydrogen) atoms. The lowest BCUT2D eigenvalue weighted by Crippen LogP contribution is -2.38. The summed E-state index contributed by atoms with van der Waals surface area (Å²) >= 11 is 0. The number of hydrogen-bond donors (Lipinski definition) is 1. The van der Waals surface area contributed by atoms with E-state index in [-0.39, 0.29) is 5.91 Å². The van der Waals surface area contributed by atoms with Gasteiger partial charge in [-0.1, -0.05) is 18.2 Å². The van der Waals surface area contributed by atoms with Crippen molar-refractivity contribution in [1.29, 1.82) is 0 Å². The van der Waals surface area contributed by atoms with Gasteiger partial charge in [-0.15, -0.1) is 0 Å². The van der Waals surface area contributed by atoms with Crippen molar-refractivity contribution in [2.75, 3.05) is 26.7 Å². The Kier molecular flexibility index (Phi) is 5.76. The molecule has 1 saturated heterocycles. The molecule has 1 atom stereocenters. The summed E-state index contributed by atoms with van der Waals surface area (Å²) in [5.74, 6) is 0.969. The molecular formula is C20H27N3O2. The minimum atomic E-state index is 0.0935. The van der Waals surface area contributed by atoms with Crippen LogP contribution in [0, 0.1) is 0 Å². The highest BCUT2D eigenvalue weighted by atomic mass is 16.5. The van der Waals surface area contributed by atoms with Crippen molar-refractivity contribution < 1.29 is 9.53 Å². The molecule has 5 nitrogen and oxygen atoms in total. The van der Waals surface area contributed by atoms with Gasteiger partial charge >= 0.3 is 0 Å². The predicted molar refractivity (Wildman–Crippen MR) is 98.7 cm³/mol. The number of rotatable bonds is 7. The Labute approximate surface area is 149 Å². The van der Waals surface area contributed by atoms with Crippen LogP contribution >= 0.6 is 0 Å². The number of ether oxygens (including phenoxy) is 1. The second-order valence-electron chi connectivity index (χ2n) is 6.58. The molecule has 1 aliphatic rings. The van der Waals surface area contributed by atoms with Gasteiger partial charge in [-0.2, -0.15) is 0 Å². The summed E-state index contributed by atoms with van der Waals surface area (Å²) in [6, 6.07) is 12.5. The number of carbonyl (C=O) groups excluding carboxylic acids is 1. The van der Waals surface area contributed by atoms with Crippen molar-refractivity contribution in [2.24, 2.45) is 7.05 Å². The predicted octanol–water partition coefficient (Wildman–Crippen LogP) is 2.53. The molecule has 134 valence electrons. The second kappa shape index (κ2) is 8.21. The Morgan fingerprint density at radius 3 is 2.88 bits per heavy atom. The standard InChI is InChI=1S/C20H27N3O2/c1-22-13-5-8-17(22)18-9-6-14-23(18)15-20(24)21-12-11-16-7-3-4-10-19(16)25-2/h3-5,7-8,10,13,18H,6,9,11-12,14-15H2,1-2H3,(H,21,24). The summed E-state index contributed by atoms with van der Waals surface area (Å²) in [7, 11) is 3.74. The Bertz CT molecular complexity index is 710. The van der Waals surface area contributed by atoms with Crippen LogP contribution in [0.5, 0.6) is 5.75 Å². The van der Waals surface area contributed by atoms with E-state index in [2.05, 4.69) is 40.2 Å². The molecule has 0 aliphatic carbocycles. The molecule has 0 saturated carbocycles. The largest absolute Gasteiger partial charge is 0.496 e. The smallest absolute Gasteiger partial charge is 0.234 e. The van der Waals surface area contributed by atoms with Gasteiger partial charge in [0.05, 0.1) is 19.7 Å². The minimum absolute atomic E-state index is 0.0935. The van der Waals surface area contributed by atoms with Crippen LogP contribution in [-0.4, -0.2) is 42.1 Å². The van der Waals surface area contributed by atoms with E-state index in [1.54, 1.807) is 7.11 Å². The van der Waals surface area contributed by atoms with Crippen molar-refractivity contribution in [2.45, 2.75) is 25.3 Å². The van der Waals surface area contributed by atoms with Crippen LogP contribution in [0.3, 0.4) is 0 Å². The average molecular weight is 341 g/mol. The van der Waals surface area contributed by atoms with E-state index in [4.69, 9.17) is 4.74 Å². The van der Waals surface area contributed by atoms with Crippen LogP contribution < -0.4 is 10.1 Å². The van der Waals surface area contributed by atoms with E-state index in [1.807, 2.05) is 24.3 Å². The van der Waals surface area contributed by atoms with Gasteiger partial charge in [-0.3, -0.25) is 9.69 Å². The lowest BCUT2D eigenvalue weighted by Gasteiger charge is -2.24. The Balaban J connectivity index is 1.50. The maximum absolute atomic E-state index is 12.4. The molecule has 1 N–H and O–H groups in total. The third-order valence-electron chi connectivity index (χ3n) is 4.94. The van der Waals surface area contributed by atoms with E-state index in [1.165, 1.54) is 5.69 Å². The molecule has 0 bridgehead atoms. The Morgan fingerprint density at radius 1 is 1.28 bits per heavy atom. The number of carbonyl (C=O) groups is 1. The minimum Gasteiger partial charge on any atom is -0.496 e. The van der Waals surface area contributed by atoms with Crippen LogP contribution in [0.15, 0.2) is 42.6 Å². The Morgan fingerprint density at radius 2 is 2.12 bits per heavy atom. The molecule has 1 fully saturated rings. The number of methoxy groups -OCH3 is 1. The molecular weight excluding hydrogens is 314 g/mol. The normalized spacial score (nSPS) is 17.6. The van der Waals surface area contributed by atoms with E-state index in [9.17, 15) is 4.79 Å². The van der Waals surface area contributed by atoms with E-state index >= 15 is 0 Å². The van der Waals surface area contributed by atoms with E-state index < -0.39 is 0 Å². The fourth-order valence-electron chi connectivity index (χ4n) is 3.66. The van der Waals surface area contributed by atoms with Crippen LogP contribution in [0.25, 0.3) is 0 Å². The van der Waals surface area contributed by atoms with Gasteiger partial charge in [0.15, 0.2) is 0 Å². The first kappa shape index (κ1) is 17.5. The van der Waals surface area contributed by atoms with Crippen LogP contribution in [-0.2, 0) is 18.3 Å². The molecule has 2 heterocycles. The SMILES string of the molecule is COc1ccccc1CCNC(=O)CN1CCCC1c1cccn1C. The molecule has 0 radical (unpaired) electrons. The second-order valence-corrected chi connectivity index (χ2v) is 6.58. The lowest BCUT2D eigenvalue weighted by atomic mass is 10.1. The maximum Gasteiger partial charge on any atom is 0.234 e. The highest BCUT2D eigenvalue weighted by Gasteiger charge is 2.28. The van der Waals surface area contributed by atoms with Crippen molar-refractivity contribution >= 4 is 5.91 Å². The number of aryl methyl sites for hydroxylation is 1. The molecule has 3 rings (SSSR count). The summed E-state index contributed by atoms with van der Waals surface area (Å²) in [5, 5.41) is 3.05. The third kappa shape index (κ3) is 4.23. The summed E-state index contributed by atoms with van der Waals surface area (Å²) in [4.78, 5) is 14.6. The number of para-hydroxylation sites is 1. The monoisotopic (exact) mass is 341 g/mol. The molecule has 1 aromatic carbocycles. The summed E-state index contributed by atoms with van der Waals surface area (Å²) < 4.78 is 7.51. The van der Waals surface area contributed by atoms with Crippen LogP contribution in [0.4, 0.5) is 0 Å². The van der Waals surface area contributed by atoms with E-state index in [0.717, 1.165) is 37.1 Å². The summed E-state index contributed by atoms with van der Waals surface area (Å²) in [5.41, 5.74) is 2.41. The maximum atomic E-state index is 12.4. The molecule has 0 spiro atoms. The molecule has 5 heteroatoms. The van der Waals surface area contributed by atoms with Gasteiger partial charge in [0.1, 0.15) is 5.75 Å². The zero-order chi connectivity index (χ0) is 17.6. The first-order valence-corrected chi connectivity index (χ1v) is 8.93. The molecule has 1 amide bonds. The van der Waals surface area contributed by atoms with Crippen molar-refractivity contribution in [3.63, 3.8) is 0 Å². The van der Waals surface area contributed by atoms with Gasteiger partial charge < -0.3 is 14.6 Å². The highest BCUT2D eigenvalue weighted by Crippen LogP contribution is 2.31. The highest BCUT2D eigenvalue weighted by molar-refractivity contribution is 5.78. The zero-order valence-electron chi connectivity index (χ0n) is 15.1. The first-order chi connectivity index (χ1) is 12.2. The summed E-state index contributed by atoms with van der Waals surface area (Å²) in [6.45, 7) is 2.07. The number of aromatic nitrogens is 1. The van der Waals surface area contributed by atoms with Crippen molar-refractivity contribution in [3.8, 4) is 5.75 Å². The Hall–Kier alpha value is -2.27. The van der Waals surface area contributed by atoms with E-state index in [0.29, 0.717) is 19.1 Å². The van der Waals surface area contributed by atoms with Gasteiger partial charge in [0.2, 0.25) is 5.91 Å². The number of nitrogens with zero attached hydrogens (tertiary/aromatic N) is 2. The summed E-state index contributed by atoms with van der Waals surface area (Å²) in [6.07, 6.45) is 5.10.